The molecule has 0 atom stereocenters. The molecule has 2 N–H and O–H groups in total. The average molecular weight is 449 g/mol. The molecule has 1 saturated carbocycles. The molecule has 172 valence electrons. The Kier molecular flexibility index (Phi) is 5.17. The normalized spacial score (nSPS) is 15.0. The number of ether oxygens (including phenoxy) is 3. The second-order valence-corrected chi connectivity index (χ2v) is 8.18. The van der Waals surface area contributed by atoms with Crippen molar-refractivity contribution >= 4 is 17.5 Å². The monoisotopic (exact) mass is 448 g/mol. The Labute approximate surface area is 194 Å². The van der Waals surface area contributed by atoms with Gasteiger partial charge >= 0.3 is 0 Å². The molecule has 0 radical (unpaired) electrons. The number of carbonyl (C=O) groups is 2. The minimum atomic E-state index is -0.559. The van der Waals surface area contributed by atoms with Crippen molar-refractivity contribution in [3.63, 3.8) is 0 Å². The summed E-state index contributed by atoms with van der Waals surface area (Å²) in [5.41, 5.74) is 3.33. The van der Waals surface area contributed by atoms with Crippen molar-refractivity contribution in [2.75, 3.05) is 26.3 Å². The smallest absolute Gasteiger partial charge is 0.251 e. The summed E-state index contributed by atoms with van der Waals surface area (Å²) in [6.45, 7) is 0.205. The van der Waals surface area contributed by atoms with E-state index in [2.05, 4.69) is 10.6 Å². The highest BCUT2D eigenvalue weighted by Crippen LogP contribution is 2.51. The van der Waals surface area contributed by atoms with Crippen molar-refractivity contribution in [2.45, 2.75) is 18.3 Å². The first-order chi connectivity index (χ1) is 16.0. The fourth-order valence-corrected chi connectivity index (χ4v) is 4.17. The van der Waals surface area contributed by atoms with Gasteiger partial charge in [0.05, 0.1) is 12.5 Å². The van der Waals surface area contributed by atoms with E-state index in [1.54, 1.807) is 26.3 Å². The summed E-state index contributed by atoms with van der Waals surface area (Å²) < 4.78 is 16.4. The number of carbonyl (C=O) groups excluding carboxylic acids is 2. The van der Waals surface area contributed by atoms with Crippen LogP contribution >= 0.6 is 0 Å². The summed E-state index contributed by atoms with van der Waals surface area (Å²) in [6.07, 6.45) is 1.56. The van der Waals surface area contributed by atoms with E-state index in [0.717, 1.165) is 29.5 Å². The molecule has 1 aliphatic carbocycles. The molecule has 1 aliphatic heterocycles. The maximum atomic E-state index is 13.3. The molecule has 2 amide bonds. The molecule has 0 saturated heterocycles. The van der Waals surface area contributed by atoms with E-state index in [0.29, 0.717) is 28.5 Å². The zero-order valence-electron chi connectivity index (χ0n) is 18.4. The number of methoxy groups -OCH3 is 1. The van der Waals surface area contributed by atoms with Crippen molar-refractivity contribution in [1.29, 1.82) is 0 Å². The van der Waals surface area contributed by atoms with E-state index in [1.807, 2.05) is 48.5 Å². The van der Waals surface area contributed by atoms with Gasteiger partial charge in [0, 0.05) is 26.7 Å². The van der Waals surface area contributed by atoms with Crippen LogP contribution in [-0.2, 0) is 10.2 Å². The summed E-state index contributed by atoms with van der Waals surface area (Å²) in [7, 11) is 3.20. The Hall–Kier alpha value is -4.00. The van der Waals surface area contributed by atoms with Gasteiger partial charge in [0.1, 0.15) is 5.75 Å². The fraction of sp³-hybridized carbons (Fsp3) is 0.231. The van der Waals surface area contributed by atoms with Gasteiger partial charge in [-0.1, -0.05) is 18.2 Å². The zero-order chi connectivity index (χ0) is 23.0. The van der Waals surface area contributed by atoms with Gasteiger partial charge in [0.25, 0.3) is 5.91 Å². The van der Waals surface area contributed by atoms with Crippen molar-refractivity contribution in [1.82, 2.24) is 5.32 Å². The molecule has 2 aliphatic rings. The van der Waals surface area contributed by atoms with Crippen molar-refractivity contribution in [3.8, 4) is 28.4 Å². The lowest BCUT2D eigenvalue weighted by molar-refractivity contribution is -0.118. The lowest BCUT2D eigenvalue weighted by atomic mass is 9.94. The molecule has 1 heterocycles. The third-order valence-corrected chi connectivity index (χ3v) is 6.25. The molecule has 0 aromatic heterocycles. The summed E-state index contributed by atoms with van der Waals surface area (Å²) in [5.74, 6) is 1.87. The number of rotatable bonds is 6. The maximum Gasteiger partial charge on any atom is 0.251 e. The highest BCUT2D eigenvalue weighted by Gasteiger charge is 2.51. The zero-order valence-corrected chi connectivity index (χ0v) is 18.4. The van der Waals surface area contributed by atoms with Crippen molar-refractivity contribution in [3.05, 3.63) is 71.8 Å². The summed E-state index contributed by atoms with van der Waals surface area (Å²) in [4.78, 5) is 25.1. The van der Waals surface area contributed by atoms with Gasteiger partial charge in [-0.3, -0.25) is 9.59 Å². The molecule has 7 heteroatoms. The molecule has 0 bridgehead atoms. The van der Waals surface area contributed by atoms with Crippen LogP contribution in [0, 0.1) is 0 Å². The number of benzene rings is 3. The summed E-state index contributed by atoms with van der Waals surface area (Å²) >= 11 is 0. The minimum Gasteiger partial charge on any atom is -0.496 e. The molecule has 33 heavy (non-hydrogen) atoms. The van der Waals surface area contributed by atoms with Crippen LogP contribution in [0.2, 0.25) is 0 Å². The van der Waals surface area contributed by atoms with Crippen LogP contribution in [0.25, 0.3) is 11.1 Å². The molecule has 0 unspecified atom stereocenters. The molecular formula is C26H28N2O5. The number of anilines is 1. The maximum absolute atomic E-state index is 13.3. The van der Waals surface area contributed by atoms with E-state index in [-0.39, 0.29) is 21.5 Å². The number of hydrogen-bond acceptors (Lipinski definition) is 5. The van der Waals surface area contributed by atoms with Gasteiger partial charge in [-0.15, -0.1) is 0 Å². The van der Waals surface area contributed by atoms with Crippen LogP contribution in [0.1, 0.15) is 31.6 Å². The van der Waals surface area contributed by atoms with Crippen molar-refractivity contribution in [2.24, 2.45) is 0 Å². The minimum absolute atomic E-state index is 0. The van der Waals surface area contributed by atoms with Crippen LogP contribution < -0.4 is 24.8 Å². The van der Waals surface area contributed by atoms with Crippen LogP contribution in [-0.4, -0.2) is 32.8 Å². The van der Waals surface area contributed by atoms with Gasteiger partial charge in [-0.05, 0) is 66.4 Å². The summed E-state index contributed by atoms with van der Waals surface area (Å²) in [6, 6.07) is 18.5. The predicted octanol–water partition coefficient (Wildman–Crippen LogP) is 4.61. The Morgan fingerprint density at radius 2 is 1.73 bits per heavy atom. The first-order valence-corrected chi connectivity index (χ1v) is 10.8. The topological polar surface area (TPSA) is 85.9 Å². The van der Waals surface area contributed by atoms with Gasteiger partial charge < -0.3 is 24.8 Å². The molecular weight excluding hydrogens is 420 g/mol. The molecule has 0 spiro atoms. The molecule has 3 aromatic carbocycles. The van der Waals surface area contributed by atoms with Crippen LogP contribution in [0.15, 0.2) is 60.7 Å². The SMILES string of the molecule is CNC(=O)c1ccc(-c2cc(NC(=O)C3(c4ccc5c(c4)OCO5)CC3)ccc2OC)cc1.[HH].[HH]. The standard InChI is InChI=1S/C26H24N2O5.2H2/c1-27-24(29)17-5-3-16(4-6-17)20-14-19(8-10-21(20)31-2)28-25(30)26(11-12-26)18-7-9-22-23(13-18)33-15-32-22;;/h3-10,13-14H,11-12,15H2,1-2H3,(H,27,29)(H,28,30);2*1H. The Morgan fingerprint density at radius 3 is 2.42 bits per heavy atom. The predicted molar refractivity (Wildman–Crippen MR) is 128 cm³/mol. The number of fused-ring (bicyclic) bond motifs is 1. The molecule has 1 fully saturated rings. The van der Waals surface area contributed by atoms with E-state index < -0.39 is 5.41 Å². The first kappa shape index (κ1) is 20.9. The van der Waals surface area contributed by atoms with Gasteiger partial charge in [0.2, 0.25) is 12.7 Å². The summed E-state index contributed by atoms with van der Waals surface area (Å²) in [5, 5.41) is 5.70. The third-order valence-electron chi connectivity index (χ3n) is 6.25. The molecule has 7 nitrogen and oxygen atoms in total. The molecule has 3 aromatic rings. The quantitative estimate of drug-likeness (QED) is 0.575. The van der Waals surface area contributed by atoms with E-state index in [4.69, 9.17) is 14.2 Å². The number of nitrogens with one attached hydrogen (secondary N) is 2. The number of amides is 2. The Bertz CT molecular complexity index is 1240. The lowest BCUT2D eigenvalue weighted by Crippen LogP contribution is -2.27. The van der Waals surface area contributed by atoms with Gasteiger partial charge in [0.15, 0.2) is 11.5 Å². The Morgan fingerprint density at radius 1 is 0.970 bits per heavy atom. The van der Waals surface area contributed by atoms with Crippen LogP contribution in [0.5, 0.6) is 17.2 Å². The molecule has 5 rings (SSSR count). The Balaban J connectivity index is 0.00000171. The largest absolute Gasteiger partial charge is 0.496 e. The van der Waals surface area contributed by atoms with Gasteiger partial charge in [-0.2, -0.15) is 0 Å². The average Bonchev–Trinajstić information content (AvgIpc) is 3.54. The lowest BCUT2D eigenvalue weighted by Gasteiger charge is -2.18. The fourth-order valence-electron chi connectivity index (χ4n) is 4.17. The van der Waals surface area contributed by atoms with Crippen molar-refractivity contribution < 1.29 is 26.7 Å². The second kappa shape index (κ2) is 8.16. The highest BCUT2D eigenvalue weighted by atomic mass is 16.7. The van der Waals surface area contributed by atoms with E-state index in [1.165, 1.54) is 0 Å². The van der Waals surface area contributed by atoms with Crippen LogP contribution in [0.4, 0.5) is 5.69 Å². The van der Waals surface area contributed by atoms with Crippen LogP contribution in [0.3, 0.4) is 0 Å². The highest BCUT2D eigenvalue weighted by molar-refractivity contribution is 6.02. The second-order valence-electron chi connectivity index (χ2n) is 8.18. The van der Waals surface area contributed by atoms with Gasteiger partial charge in [-0.25, -0.2) is 0 Å². The third kappa shape index (κ3) is 3.75. The van der Waals surface area contributed by atoms with E-state index in [9.17, 15) is 9.59 Å². The van der Waals surface area contributed by atoms with E-state index >= 15 is 0 Å². The number of hydrogen-bond donors (Lipinski definition) is 2. The first-order valence-electron chi connectivity index (χ1n) is 10.8.